The summed E-state index contributed by atoms with van der Waals surface area (Å²) in [6, 6.07) is 12.4. The van der Waals surface area contributed by atoms with Crippen molar-refractivity contribution < 1.29 is 25.0 Å². The van der Waals surface area contributed by atoms with E-state index in [1.807, 2.05) is 12.1 Å². The predicted octanol–water partition coefficient (Wildman–Crippen LogP) is 2.08. The minimum atomic E-state index is -1.73. The van der Waals surface area contributed by atoms with Crippen molar-refractivity contribution in [3.05, 3.63) is 70.0 Å². The molecule has 3 aromatic rings. The van der Waals surface area contributed by atoms with Crippen LogP contribution in [-0.4, -0.2) is 60.1 Å². The standard InChI is InChI=1S/C19H17Cl2N5O5/c20-14-5-13(6-15(21)7-14)12-3-1-11(2-4-12)8-25(10-17(27)19(29)30)23-18(28)16-9-26(31)24-22-16/h1-7,9,17,27,31H,8,10H2,(H,23,28)(H,29,30)/t17-/m1/s1. The van der Waals surface area contributed by atoms with Crippen LogP contribution >= 0.6 is 23.2 Å². The first-order chi connectivity index (χ1) is 14.7. The SMILES string of the molecule is O=C(NN(Cc1ccc(-c2cc(Cl)cc(Cl)c2)cc1)C[C@@H](O)C(=O)O)c1cn(O)nn1. The van der Waals surface area contributed by atoms with Gasteiger partial charge in [0.1, 0.15) is 0 Å². The van der Waals surface area contributed by atoms with Crippen LogP contribution < -0.4 is 5.43 Å². The second kappa shape index (κ2) is 9.75. The first-order valence-corrected chi connectivity index (χ1v) is 9.60. The van der Waals surface area contributed by atoms with Gasteiger partial charge in [-0.2, -0.15) is 0 Å². The first-order valence-electron chi connectivity index (χ1n) is 8.85. The van der Waals surface area contributed by atoms with Gasteiger partial charge in [-0.3, -0.25) is 10.2 Å². The zero-order valence-corrected chi connectivity index (χ0v) is 17.3. The van der Waals surface area contributed by atoms with Crippen LogP contribution in [0.25, 0.3) is 11.1 Å². The maximum Gasteiger partial charge on any atom is 0.333 e. The lowest BCUT2D eigenvalue weighted by Gasteiger charge is -2.24. The van der Waals surface area contributed by atoms with E-state index in [0.717, 1.165) is 22.9 Å². The molecule has 1 aromatic heterocycles. The van der Waals surface area contributed by atoms with Crippen molar-refractivity contribution >= 4 is 35.1 Å². The van der Waals surface area contributed by atoms with Gasteiger partial charge in [-0.25, -0.2) is 9.80 Å². The summed E-state index contributed by atoms with van der Waals surface area (Å²) in [5, 5.41) is 36.8. The molecule has 1 heterocycles. The van der Waals surface area contributed by atoms with Crippen LogP contribution in [0, 0.1) is 0 Å². The molecule has 0 unspecified atom stereocenters. The van der Waals surface area contributed by atoms with Crippen molar-refractivity contribution in [2.45, 2.75) is 12.6 Å². The lowest BCUT2D eigenvalue weighted by molar-refractivity contribution is -0.148. The van der Waals surface area contributed by atoms with E-state index >= 15 is 0 Å². The summed E-state index contributed by atoms with van der Waals surface area (Å²) in [6.45, 7) is -0.306. The number of carbonyl (C=O) groups is 2. The van der Waals surface area contributed by atoms with Gasteiger partial charge in [-0.15, -0.1) is 5.10 Å². The molecule has 1 atom stereocenters. The molecule has 31 heavy (non-hydrogen) atoms. The third-order valence-corrected chi connectivity index (χ3v) is 4.61. The van der Waals surface area contributed by atoms with E-state index in [0.29, 0.717) is 14.9 Å². The summed E-state index contributed by atoms with van der Waals surface area (Å²) in [7, 11) is 0. The molecule has 0 fully saturated rings. The van der Waals surface area contributed by atoms with Crippen molar-refractivity contribution in [3.63, 3.8) is 0 Å². The molecule has 0 saturated heterocycles. The molecule has 162 valence electrons. The summed E-state index contributed by atoms with van der Waals surface area (Å²) in [6.07, 6.45) is -0.756. The number of carboxylic acid groups (broad SMARTS) is 1. The van der Waals surface area contributed by atoms with Gasteiger partial charge in [0, 0.05) is 16.6 Å². The fraction of sp³-hybridized carbons (Fsp3) is 0.158. The number of hydrazine groups is 1. The van der Waals surface area contributed by atoms with E-state index < -0.39 is 18.0 Å². The van der Waals surface area contributed by atoms with Gasteiger partial charge in [-0.1, -0.05) is 52.3 Å². The number of halogens is 2. The van der Waals surface area contributed by atoms with Crippen LogP contribution in [0.15, 0.2) is 48.7 Å². The number of hydrogen-bond acceptors (Lipinski definition) is 7. The normalized spacial score (nSPS) is 12.0. The predicted molar refractivity (Wildman–Crippen MR) is 111 cm³/mol. The van der Waals surface area contributed by atoms with E-state index in [4.69, 9.17) is 33.5 Å². The Balaban J connectivity index is 1.76. The number of hydrogen-bond donors (Lipinski definition) is 4. The van der Waals surface area contributed by atoms with Crippen LogP contribution in [0.2, 0.25) is 10.0 Å². The second-order valence-electron chi connectivity index (χ2n) is 6.55. The number of aliphatic carboxylic acids is 1. The largest absolute Gasteiger partial charge is 0.479 e. The van der Waals surface area contributed by atoms with Crippen LogP contribution in [0.4, 0.5) is 0 Å². The third kappa shape index (κ3) is 6.15. The number of nitrogens with zero attached hydrogens (tertiary/aromatic N) is 4. The van der Waals surface area contributed by atoms with Crippen molar-refractivity contribution in [2.75, 3.05) is 6.54 Å². The Bertz CT molecular complexity index is 1070. The number of aromatic nitrogens is 3. The van der Waals surface area contributed by atoms with Crippen molar-refractivity contribution in [1.82, 2.24) is 25.6 Å². The fourth-order valence-electron chi connectivity index (χ4n) is 2.74. The van der Waals surface area contributed by atoms with Gasteiger partial charge in [0.15, 0.2) is 11.8 Å². The average Bonchev–Trinajstić information content (AvgIpc) is 3.14. The number of rotatable bonds is 8. The second-order valence-corrected chi connectivity index (χ2v) is 7.43. The summed E-state index contributed by atoms with van der Waals surface area (Å²) in [4.78, 5) is 23.7. The highest BCUT2D eigenvalue weighted by molar-refractivity contribution is 6.35. The minimum absolute atomic E-state index is 0.0833. The fourth-order valence-corrected chi connectivity index (χ4v) is 3.27. The van der Waals surface area contributed by atoms with E-state index in [-0.39, 0.29) is 18.8 Å². The number of aliphatic hydroxyl groups is 1. The van der Waals surface area contributed by atoms with Crippen LogP contribution in [0.1, 0.15) is 16.1 Å². The first kappa shape index (κ1) is 22.5. The summed E-state index contributed by atoms with van der Waals surface area (Å²) in [5.41, 5.74) is 4.66. The summed E-state index contributed by atoms with van der Waals surface area (Å²) >= 11 is 12.1. The number of benzene rings is 2. The Morgan fingerprint density at radius 3 is 2.29 bits per heavy atom. The maximum absolute atomic E-state index is 12.3. The summed E-state index contributed by atoms with van der Waals surface area (Å²) in [5.74, 6) is -2.17. The van der Waals surface area contributed by atoms with Crippen LogP contribution in [0.5, 0.6) is 0 Å². The molecule has 0 aliphatic heterocycles. The van der Waals surface area contributed by atoms with Gasteiger partial charge in [0.2, 0.25) is 0 Å². The molecule has 3 rings (SSSR count). The molecule has 0 aliphatic rings. The highest BCUT2D eigenvalue weighted by Crippen LogP contribution is 2.27. The molecule has 12 heteroatoms. The Morgan fingerprint density at radius 2 is 1.74 bits per heavy atom. The number of nitrogens with one attached hydrogen (secondary N) is 1. The molecular weight excluding hydrogens is 449 g/mol. The lowest BCUT2D eigenvalue weighted by atomic mass is 10.0. The van der Waals surface area contributed by atoms with Crippen molar-refractivity contribution in [3.8, 4) is 11.1 Å². The quantitative estimate of drug-likeness (QED) is 0.292. The lowest BCUT2D eigenvalue weighted by Crippen LogP contribution is -2.47. The smallest absolute Gasteiger partial charge is 0.333 e. The zero-order valence-electron chi connectivity index (χ0n) is 15.8. The van der Waals surface area contributed by atoms with Crippen molar-refractivity contribution in [1.29, 1.82) is 0 Å². The zero-order chi connectivity index (χ0) is 22.5. The highest BCUT2D eigenvalue weighted by atomic mass is 35.5. The van der Waals surface area contributed by atoms with E-state index in [2.05, 4.69) is 15.7 Å². The Kier molecular flexibility index (Phi) is 7.08. The Hall–Kier alpha value is -3.18. The number of carbonyl (C=O) groups excluding carboxylic acids is 1. The molecular formula is C19H17Cl2N5O5. The highest BCUT2D eigenvalue weighted by Gasteiger charge is 2.21. The van der Waals surface area contributed by atoms with Gasteiger partial charge in [-0.05, 0) is 40.1 Å². The van der Waals surface area contributed by atoms with Gasteiger partial charge in [0.25, 0.3) is 5.91 Å². The van der Waals surface area contributed by atoms with E-state index in [1.165, 1.54) is 5.01 Å². The number of amides is 1. The van der Waals surface area contributed by atoms with Crippen molar-refractivity contribution in [2.24, 2.45) is 0 Å². The monoisotopic (exact) mass is 465 g/mol. The molecule has 2 aromatic carbocycles. The number of carboxylic acids is 1. The molecule has 0 radical (unpaired) electrons. The average molecular weight is 466 g/mol. The minimum Gasteiger partial charge on any atom is -0.479 e. The molecule has 0 bridgehead atoms. The number of aliphatic hydroxyl groups excluding tert-OH is 1. The van der Waals surface area contributed by atoms with Gasteiger partial charge >= 0.3 is 5.97 Å². The topological polar surface area (TPSA) is 141 Å². The summed E-state index contributed by atoms with van der Waals surface area (Å²) < 4.78 is 0. The molecule has 0 aliphatic carbocycles. The molecule has 1 amide bonds. The molecule has 4 N–H and O–H groups in total. The molecule has 10 nitrogen and oxygen atoms in total. The third-order valence-electron chi connectivity index (χ3n) is 4.18. The molecule has 0 saturated carbocycles. The van der Waals surface area contributed by atoms with Crippen LogP contribution in [0.3, 0.4) is 0 Å². The maximum atomic E-state index is 12.3. The Morgan fingerprint density at radius 1 is 1.10 bits per heavy atom. The van der Waals surface area contributed by atoms with Gasteiger partial charge in [0.05, 0.1) is 12.7 Å². The van der Waals surface area contributed by atoms with E-state index in [1.54, 1.807) is 30.3 Å². The molecule has 0 spiro atoms. The van der Waals surface area contributed by atoms with Gasteiger partial charge < -0.3 is 15.4 Å². The van der Waals surface area contributed by atoms with Crippen LogP contribution in [-0.2, 0) is 11.3 Å². The van der Waals surface area contributed by atoms with E-state index in [9.17, 15) is 14.7 Å². The Labute approximate surface area is 186 Å².